The van der Waals surface area contributed by atoms with Crippen molar-refractivity contribution in [3.63, 3.8) is 0 Å². The van der Waals surface area contributed by atoms with Crippen LogP contribution in [0.1, 0.15) is 24.2 Å². The molecule has 9 heteroatoms. The standard InChI is InChI=1S/C22H25N7O2/c1-23-22(25-13-11-19-27-21(31-28-19)18-5-2-3-12-24-18)26-15-16-7-9-17(10-8-16)29-14-4-6-20(29)30/h2-3,5,7-10,12H,4,6,11,13-15H2,1H3,(H2,23,25,26). The maximum absolute atomic E-state index is 11.9. The Kier molecular flexibility index (Phi) is 6.51. The van der Waals surface area contributed by atoms with Crippen LogP contribution in [0.25, 0.3) is 11.6 Å². The molecule has 0 aliphatic carbocycles. The van der Waals surface area contributed by atoms with Gasteiger partial charge in [-0.05, 0) is 36.2 Å². The first-order valence-electron chi connectivity index (χ1n) is 10.3. The molecule has 0 unspecified atom stereocenters. The van der Waals surface area contributed by atoms with Crippen LogP contribution in [0, 0.1) is 0 Å². The van der Waals surface area contributed by atoms with Gasteiger partial charge in [0.15, 0.2) is 11.8 Å². The van der Waals surface area contributed by atoms with Crippen molar-refractivity contribution >= 4 is 17.6 Å². The van der Waals surface area contributed by atoms with E-state index < -0.39 is 0 Å². The highest BCUT2D eigenvalue weighted by atomic mass is 16.5. The van der Waals surface area contributed by atoms with E-state index in [9.17, 15) is 4.79 Å². The van der Waals surface area contributed by atoms with Crippen molar-refractivity contribution in [1.82, 2.24) is 25.8 Å². The van der Waals surface area contributed by atoms with Crippen LogP contribution in [-0.2, 0) is 17.8 Å². The second kappa shape index (κ2) is 9.84. The number of carbonyl (C=O) groups excluding carboxylic acids is 1. The van der Waals surface area contributed by atoms with Crippen molar-refractivity contribution in [2.24, 2.45) is 4.99 Å². The number of amides is 1. The van der Waals surface area contributed by atoms with E-state index in [0.717, 1.165) is 24.2 Å². The summed E-state index contributed by atoms with van der Waals surface area (Å²) < 4.78 is 5.27. The Morgan fingerprint density at radius 1 is 1.19 bits per heavy atom. The van der Waals surface area contributed by atoms with Crippen molar-refractivity contribution < 1.29 is 9.32 Å². The van der Waals surface area contributed by atoms with Gasteiger partial charge in [0.25, 0.3) is 5.89 Å². The summed E-state index contributed by atoms with van der Waals surface area (Å²) in [6, 6.07) is 13.6. The van der Waals surface area contributed by atoms with Crippen LogP contribution >= 0.6 is 0 Å². The maximum Gasteiger partial charge on any atom is 0.276 e. The van der Waals surface area contributed by atoms with Crippen LogP contribution in [0.2, 0.25) is 0 Å². The molecule has 3 aromatic rings. The van der Waals surface area contributed by atoms with Crippen LogP contribution in [0.5, 0.6) is 0 Å². The number of nitrogens with zero attached hydrogens (tertiary/aromatic N) is 5. The number of carbonyl (C=O) groups is 1. The number of guanidine groups is 1. The number of nitrogens with one attached hydrogen (secondary N) is 2. The monoisotopic (exact) mass is 419 g/mol. The van der Waals surface area contributed by atoms with Crippen molar-refractivity contribution in [2.75, 3.05) is 25.0 Å². The first-order chi connectivity index (χ1) is 15.2. The van der Waals surface area contributed by atoms with Gasteiger partial charge in [-0.1, -0.05) is 23.4 Å². The molecule has 1 fully saturated rings. The minimum atomic E-state index is 0.198. The summed E-state index contributed by atoms with van der Waals surface area (Å²) in [4.78, 5) is 26.5. The average molecular weight is 419 g/mol. The van der Waals surface area contributed by atoms with E-state index in [0.29, 0.717) is 49.3 Å². The Balaban J connectivity index is 1.23. The van der Waals surface area contributed by atoms with Gasteiger partial charge in [0.2, 0.25) is 5.91 Å². The molecule has 1 aliphatic rings. The number of anilines is 1. The summed E-state index contributed by atoms with van der Waals surface area (Å²) in [7, 11) is 1.73. The molecule has 4 rings (SSSR count). The molecule has 2 aromatic heterocycles. The second-order valence-corrected chi connectivity index (χ2v) is 7.15. The molecule has 0 atom stereocenters. The predicted octanol–water partition coefficient (Wildman–Crippen LogP) is 2.17. The highest BCUT2D eigenvalue weighted by molar-refractivity contribution is 5.95. The molecule has 1 aromatic carbocycles. The number of aliphatic imine (C=N–C) groups is 1. The predicted molar refractivity (Wildman–Crippen MR) is 117 cm³/mol. The van der Waals surface area contributed by atoms with E-state index in [1.807, 2.05) is 47.4 Å². The van der Waals surface area contributed by atoms with Gasteiger partial charge >= 0.3 is 0 Å². The highest BCUT2D eigenvalue weighted by Gasteiger charge is 2.21. The lowest BCUT2D eigenvalue weighted by atomic mass is 10.2. The van der Waals surface area contributed by atoms with E-state index in [1.165, 1.54) is 0 Å². The lowest BCUT2D eigenvalue weighted by molar-refractivity contribution is -0.117. The van der Waals surface area contributed by atoms with Crippen LogP contribution in [0.15, 0.2) is 58.2 Å². The van der Waals surface area contributed by atoms with Gasteiger partial charge in [-0.15, -0.1) is 0 Å². The van der Waals surface area contributed by atoms with Crippen LogP contribution in [-0.4, -0.2) is 47.1 Å². The number of pyridine rings is 1. The first-order valence-corrected chi connectivity index (χ1v) is 10.3. The van der Waals surface area contributed by atoms with E-state index in [2.05, 4.69) is 30.8 Å². The molecule has 0 radical (unpaired) electrons. The fourth-order valence-electron chi connectivity index (χ4n) is 3.36. The normalized spacial score (nSPS) is 14.2. The zero-order valence-electron chi connectivity index (χ0n) is 17.4. The SMILES string of the molecule is CN=C(NCCc1noc(-c2ccccn2)n1)NCc1ccc(N2CCCC2=O)cc1. The van der Waals surface area contributed by atoms with Crippen molar-refractivity contribution in [1.29, 1.82) is 0 Å². The third-order valence-electron chi connectivity index (χ3n) is 5.00. The molecule has 1 saturated heterocycles. The minimum Gasteiger partial charge on any atom is -0.356 e. The Labute approximate surface area is 180 Å². The van der Waals surface area contributed by atoms with Crippen LogP contribution < -0.4 is 15.5 Å². The first kappa shape index (κ1) is 20.5. The van der Waals surface area contributed by atoms with Gasteiger partial charge in [-0.2, -0.15) is 4.98 Å². The molecule has 160 valence electrons. The van der Waals surface area contributed by atoms with Crippen molar-refractivity contribution in [3.8, 4) is 11.6 Å². The Hall–Kier alpha value is -3.75. The number of benzene rings is 1. The van der Waals surface area contributed by atoms with E-state index in [4.69, 9.17) is 4.52 Å². The lowest BCUT2D eigenvalue weighted by Crippen LogP contribution is -2.38. The van der Waals surface area contributed by atoms with Gasteiger partial charge in [-0.3, -0.25) is 14.8 Å². The van der Waals surface area contributed by atoms with Gasteiger partial charge in [-0.25, -0.2) is 0 Å². The Morgan fingerprint density at radius 3 is 2.77 bits per heavy atom. The molecule has 31 heavy (non-hydrogen) atoms. The molecule has 0 bridgehead atoms. The van der Waals surface area contributed by atoms with E-state index >= 15 is 0 Å². The van der Waals surface area contributed by atoms with Gasteiger partial charge in [0, 0.05) is 51.4 Å². The van der Waals surface area contributed by atoms with Crippen LogP contribution in [0.4, 0.5) is 5.69 Å². The van der Waals surface area contributed by atoms with Crippen LogP contribution in [0.3, 0.4) is 0 Å². The smallest absolute Gasteiger partial charge is 0.276 e. The molecule has 1 amide bonds. The average Bonchev–Trinajstić information content (AvgIpc) is 3.46. The second-order valence-electron chi connectivity index (χ2n) is 7.15. The molecule has 3 heterocycles. The Morgan fingerprint density at radius 2 is 2.06 bits per heavy atom. The summed E-state index contributed by atoms with van der Waals surface area (Å²) in [5.74, 6) is 1.91. The fourth-order valence-corrected chi connectivity index (χ4v) is 3.36. The van der Waals surface area contributed by atoms with Gasteiger partial charge in [0.05, 0.1) is 0 Å². The molecule has 0 spiro atoms. The maximum atomic E-state index is 11.9. The van der Waals surface area contributed by atoms with Crippen molar-refractivity contribution in [2.45, 2.75) is 25.8 Å². The van der Waals surface area contributed by atoms with Crippen molar-refractivity contribution in [3.05, 3.63) is 60.0 Å². The molecule has 1 aliphatic heterocycles. The number of aromatic nitrogens is 3. The number of rotatable bonds is 7. The third-order valence-corrected chi connectivity index (χ3v) is 5.00. The molecule has 0 saturated carbocycles. The highest BCUT2D eigenvalue weighted by Crippen LogP contribution is 2.21. The molecule has 2 N–H and O–H groups in total. The summed E-state index contributed by atoms with van der Waals surface area (Å²) in [5.41, 5.74) is 2.72. The summed E-state index contributed by atoms with van der Waals surface area (Å²) >= 11 is 0. The van der Waals surface area contributed by atoms with E-state index in [1.54, 1.807) is 13.2 Å². The summed E-state index contributed by atoms with van der Waals surface area (Å²) in [6.07, 6.45) is 3.85. The largest absolute Gasteiger partial charge is 0.356 e. The zero-order chi connectivity index (χ0) is 21.5. The fraction of sp³-hybridized carbons (Fsp3) is 0.318. The summed E-state index contributed by atoms with van der Waals surface area (Å²) in [6.45, 7) is 2.04. The van der Waals surface area contributed by atoms with Gasteiger partial charge in [0.1, 0.15) is 5.69 Å². The number of hydrogen-bond donors (Lipinski definition) is 2. The summed E-state index contributed by atoms with van der Waals surface area (Å²) in [5, 5.41) is 10.5. The van der Waals surface area contributed by atoms with Gasteiger partial charge < -0.3 is 20.1 Å². The Bertz CT molecular complexity index is 1030. The third kappa shape index (κ3) is 5.25. The topological polar surface area (TPSA) is 109 Å². The van der Waals surface area contributed by atoms with E-state index in [-0.39, 0.29) is 5.91 Å². The lowest BCUT2D eigenvalue weighted by Gasteiger charge is -2.16. The quantitative estimate of drug-likeness (QED) is 0.446. The minimum absolute atomic E-state index is 0.198. The molecular formula is C22H25N7O2. The molecule has 9 nitrogen and oxygen atoms in total. The zero-order valence-corrected chi connectivity index (χ0v) is 17.4. The number of hydrogen-bond acceptors (Lipinski definition) is 6. The molecular weight excluding hydrogens is 394 g/mol.